The fourth-order valence-electron chi connectivity index (χ4n) is 2.46. The summed E-state index contributed by atoms with van der Waals surface area (Å²) in [7, 11) is 0. The van der Waals surface area contributed by atoms with Crippen LogP contribution in [-0.2, 0) is 0 Å². The van der Waals surface area contributed by atoms with Crippen LogP contribution in [0.1, 0.15) is 32.0 Å². The molecule has 0 saturated carbocycles. The zero-order valence-corrected chi connectivity index (χ0v) is 14.5. The average Bonchev–Trinajstić information content (AvgIpc) is 3.22. The van der Waals surface area contributed by atoms with Gasteiger partial charge < -0.3 is 10.7 Å². The quantitative estimate of drug-likeness (QED) is 0.434. The largest absolute Gasteiger partial charge is 0.382 e. The predicted octanol–water partition coefficient (Wildman–Crippen LogP) is 3.75. The molecule has 0 aliphatic rings. The second-order valence-corrected chi connectivity index (χ2v) is 6.64. The fraction of sp³-hybridized carbons (Fsp3) is 0.222. The van der Waals surface area contributed by atoms with Crippen molar-refractivity contribution in [3.05, 3.63) is 30.1 Å². The Hall–Kier alpha value is -2.98. The Kier molecular flexibility index (Phi) is 4.04. The molecule has 1 aromatic carbocycles. The van der Waals surface area contributed by atoms with Gasteiger partial charge in [0.15, 0.2) is 27.8 Å². The van der Waals surface area contributed by atoms with E-state index in [1.165, 1.54) is 0 Å². The first-order valence-corrected chi connectivity index (χ1v) is 8.94. The summed E-state index contributed by atoms with van der Waals surface area (Å²) < 4.78 is 1.11. The number of hydrogen-bond donors (Lipinski definition) is 2. The Bertz CT molecular complexity index is 1080. The van der Waals surface area contributed by atoms with E-state index in [1.54, 1.807) is 11.3 Å². The third kappa shape index (κ3) is 3.04. The van der Waals surface area contributed by atoms with Crippen LogP contribution < -0.4 is 5.73 Å². The van der Waals surface area contributed by atoms with E-state index in [0.717, 1.165) is 34.5 Å². The summed E-state index contributed by atoms with van der Waals surface area (Å²) >= 11 is 1.57. The van der Waals surface area contributed by atoms with Crippen LogP contribution in [0.2, 0.25) is 0 Å². The van der Waals surface area contributed by atoms with Crippen LogP contribution in [0.5, 0.6) is 0 Å². The highest BCUT2D eigenvalue weighted by Crippen LogP contribution is 2.29. The standard InChI is InChI=1S/C18H16N6S/c1-2-3-4-5-10-13-21-15(19)14-16(22-13)24-17(23-14)18-20-11-8-6-7-9-12(11)25-18/h6-9H,2-4H2,1H3,(H3,19,21,22,23,24). The molecule has 0 fully saturated rings. The summed E-state index contributed by atoms with van der Waals surface area (Å²) in [6.45, 7) is 2.14. The zero-order valence-electron chi connectivity index (χ0n) is 13.7. The first kappa shape index (κ1) is 15.5. The van der Waals surface area contributed by atoms with Crippen molar-refractivity contribution in [3.63, 3.8) is 0 Å². The molecule has 0 unspecified atom stereocenters. The van der Waals surface area contributed by atoms with E-state index in [1.807, 2.05) is 24.3 Å². The number of aromatic amines is 1. The molecule has 0 atom stereocenters. The van der Waals surface area contributed by atoms with Crippen LogP contribution >= 0.6 is 11.3 Å². The SMILES string of the molecule is CCCCC#Cc1nc(N)c2nc(-c3nc4ccccc4s3)[nH]c2n1. The number of unbranched alkanes of at least 4 members (excludes halogenated alkanes) is 2. The molecule has 3 aromatic heterocycles. The molecule has 0 amide bonds. The molecule has 3 heterocycles. The molecule has 124 valence electrons. The molecule has 0 bridgehead atoms. The second-order valence-electron chi connectivity index (χ2n) is 5.61. The molecule has 0 aliphatic heterocycles. The molecule has 0 radical (unpaired) electrons. The fourth-order valence-corrected chi connectivity index (χ4v) is 3.37. The summed E-state index contributed by atoms with van der Waals surface area (Å²) in [5.74, 6) is 7.44. The number of nitrogens with one attached hydrogen (secondary N) is 1. The van der Waals surface area contributed by atoms with Crippen LogP contribution in [0.25, 0.3) is 32.2 Å². The van der Waals surface area contributed by atoms with Gasteiger partial charge in [0.2, 0.25) is 5.82 Å². The van der Waals surface area contributed by atoms with Crippen molar-refractivity contribution in [3.8, 4) is 22.7 Å². The molecule has 4 rings (SSSR count). The third-order valence-corrected chi connectivity index (χ3v) is 4.77. The Morgan fingerprint density at radius 3 is 2.88 bits per heavy atom. The zero-order chi connectivity index (χ0) is 17.2. The molecular weight excluding hydrogens is 332 g/mol. The van der Waals surface area contributed by atoms with Crippen LogP contribution in [0, 0.1) is 11.8 Å². The molecule has 6 nitrogen and oxygen atoms in total. The highest BCUT2D eigenvalue weighted by Gasteiger charge is 2.14. The van der Waals surface area contributed by atoms with E-state index < -0.39 is 0 Å². The number of benzene rings is 1. The Morgan fingerprint density at radius 2 is 2.04 bits per heavy atom. The number of fused-ring (bicyclic) bond motifs is 2. The van der Waals surface area contributed by atoms with E-state index in [9.17, 15) is 0 Å². The maximum Gasteiger partial charge on any atom is 0.208 e. The lowest BCUT2D eigenvalue weighted by molar-refractivity contribution is 0.828. The van der Waals surface area contributed by atoms with Gasteiger partial charge in [0, 0.05) is 6.42 Å². The lowest BCUT2D eigenvalue weighted by Gasteiger charge is -1.94. The number of nitrogens with two attached hydrogens (primary N) is 1. The predicted molar refractivity (Wildman–Crippen MR) is 101 cm³/mol. The number of anilines is 1. The highest BCUT2D eigenvalue weighted by molar-refractivity contribution is 7.21. The van der Waals surface area contributed by atoms with Gasteiger partial charge >= 0.3 is 0 Å². The van der Waals surface area contributed by atoms with E-state index in [0.29, 0.717) is 28.6 Å². The number of aromatic nitrogens is 5. The van der Waals surface area contributed by atoms with Gasteiger partial charge in [0.25, 0.3) is 0 Å². The first-order valence-electron chi connectivity index (χ1n) is 8.12. The van der Waals surface area contributed by atoms with Gasteiger partial charge in [-0.25, -0.2) is 19.9 Å². The molecule has 0 aliphatic carbocycles. The Labute approximate surface area is 148 Å². The van der Waals surface area contributed by atoms with Crippen molar-refractivity contribution in [2.45, 2.75) is 26.2 Å². The molecular formula is C18H16N6S. The topological polar surface area (TPSA) is 93.4 Å². The van der Waals surface area contributed by atoms with Gasteiger partial charge in [0.05, 0.1) is 10.2 Å². The summed E-state index contributed by atoms with van der Waals surface area (Å²) in [5.41, 5.74) is 8.12. The van der Waals surface area contributed by atoms with Crippen LogP contribution in [0.15, 0.2) is 24.3 Å². The molecule has 7 heteroatoms. The number of nitrogens with zero attached hydrogens (tertiary/aromatic N) is 4. The Morgan fingerprint density at radius 1 is 1.16 bits per heavy atom. The number of rotatable bonds is 3. The second kappa shape index (κ2) is 6.49. The number of para-hydroxylation sites is 1. The van der Waals surface area contributed by atoms with E-state index in [4.69, 9.17) is 5.73 Å². The number of hydrogen-bond acceptors (Lipinski definition) is 6. The lowest BCUT2D eigenvalue weighted by Crippen LogP contribution is -1.97. The van der Waals surface area contributed by atoms with Crippen molar-refractivity contribution in [1.82, 2.24) is 24.9 Å². The van der Waals surface area contributed by atoms with Crippen molar-refractivity contribution in [2.24, 2.45) is 0 Å². The summed E-state index contributed by atoms with van der Waals surface area (Å²) in [5, 5.41) is 0.800. The van der Waals surface area contributed by atoms with Crippen LogP contribution in [0.3, 0.4) is 0 Å². The van der Waals surface area contributed by atoms with E-state index in [-0.39, 0.29) is 0 Å². The normalized spacial score (nSPS) is 10.9. The minimum atomic E-state index is 0.327. The van der Waals surface area contributed by atoms with E-state index >= 15 is 0 Å². The van der Waals surface area contributed by atoms with Crippen molar-refractivity contribution in [2.75, 3.05) is 5.73 Å². The average molecular weight is 348 g/mol. The van der Waals surface area contributed by atoms with Crippen LogP contribution in [0.4, 0.5) is 5.82 Å². The summed E-state index contributed by atoms with van der Waals surface area (Å²) in [6.07, 6.45) is 3.01. The third-order valence-electron chi connectivity index (χ3n) is 3.72. The number of thiazole rings is 1. The minimum Gasteiger partial charge on any atom is -0.382 e. The summed E-state index contributed by atoms with van der Waals surface area (Å²) in [4.78, 5) is 21.0. The molecule has 0 saturated heterocycles. The van der Waals surface area contributed by atoms with Gasteiger partial charge in [-0.3, -0.25) is 0 Å². The summed E-state index contributed by atoms with van der Waals surface area (Å²) in [6, 6.07) is 7.99. The highest BCUT2D eigenvalue weighted by atomic mass is 32.1. The minimum absolute atomic E-state index is 0.327. The molecule has 25 heavy (non-hydrogen) atoms. The maximum atomic E-state index is 6.04. The van der Waals surface area contributed by atoms with Crippen molar-refractivity contribution in [1.29, 1.82) is 0 Å². The number of H-pyrrole nitrogens is 1. The Balaban J connectivity index is 1.74. The van der Waals surface area contributed by atoms with Crippen molar-refractivity contribution >= 4 is 38.5 Å². The molecule has 0 spiro atoms. The monoisotopic (exact) mass is 348 g/mol. The van der Waals surface area contributed by atoms with Gasteiger partial charge in [0.1, 0.15) is 0 Å². The maximum absolute atomic E-state index is 6.04. The van der Waals surface area contributed by atoms with Gasteiger partial charge in [-0.05, 0) is 24.5 Å². The molecule has 3 N–H and O–H groups in total. The number of nitrogen functional groups attached to an aromatic ring is 1. The first-order chi connectivity index (χ1) is 12.2. The van der Waals surface area contributed by atoms with Crippen LogP contribution in [-0.4, -0.2) is 24.9 Å². The van der Waals surface area contributed by atoms with Gasteiger partial charge in [-0.15, -0.1) is 11.3 Å². The number of imidazole rings is 1. The van der Waals surface area contributed by atoms with Crippen molar-refractivity contribution < 1.29 is 0 Å². The van der Waals surface area contributed by atoms with Gasteiger partial charge in [-0.1, -0.05) is 31.4 Å². The lowest BCUT2D eigenvalue weighted by atomic mass is 10.2. The smallest absolute Gasteiger partial charge is 0.208 e. The molecule has 4 aromatic rings. The van der Waals surface area contributed by atoms with E-state index in [2.05, 4.69) is 43.7 Å². The van der Waals surface area contributed by atoms with Gasteiger partial charge in [-0.2, -0.15) is 0 Å².